The summed E-state index contributed by atoms with van der Waals surface area (Å²) in [5, 5.41) is 9.58. The Morgan fingerprint density at radius 1 is 0.566 bits per heavy atom. The lowest BCUT2D eigenvalue weighted by Crippen LogP contribution is -2.30. The van der Waals surface area contributed by atoms with Gasteiger partial charge in [0.2, 0.25) is 0 Å². The fourth-order valence-electron chi connectivity index (χ4n) is 4.05. The second-order valence-corrected chi connectivity index (χ2v) is 14.0. The summed E-state index contributed by atoms with van der Waals surface area (Å²) >= 11 is 0. The van der Waals surface area contributed by atoms with Gasteiger partial charge in [-0.25, -0.2) is 19.2 Å². The van der Waals surface area contributed by atoms with E-state index in [-0.39, 0.29) is 43.6 Å². The molecule has 0 aliphatic rings. The highest BCUT2D eigenvalue weighted by Crippen LogP contribution is 2.32. The second kappa shape index (κ2) is 26.5. The lowest BCUT2D eigenvalue weighted by atomic mass is 9.80. The van der Waals surface area contributed by atoms with Gasteiger partial charge < -0.3 is 33.5 Å². The first-order valence-corrected chi connectivity index (χ1v) is 17.9. The number of esters is 5. The third-order valence-electron chi connectivity index (χ3n) is 7.79. The first-order chi connectivity index (χ1) is 24.4. The van der Waals surface area contributed by atoms with Crippen molar-refractivity contribution < 1.29 is 62.3 Å². The van der Waals surface area contributed by atoms with Crippen molar-refractivity contribution in [1.29, 1.82) is 0 Å². The van der Waals surface area contributed by atoms with Gasteiger partial charge in [-0.3, -0.25) is 9.59 Å². The lowest BCUT2D eigenvalue weighted by molar-refractivity contribution is -0.152. The van der Waals surface area contributed by atoms with E-state index in [4.69, 9.17) is 28.4 Å². The van der Waals surface area contributed by atoms with Gasteiger partial charge in [-0.15, -0.1) is 0 Å². The molecule has 53 heavy (non-hydrogen) atoms. The average molecular weight is 753 g/mol. The zero-order valence-corrected chi connectivity index (χ0v) is 33.6. The van der Waals surface area contributed by atoms with E-state index in [1.165, 1.54) is 0 Å². The number of ether oxygens (including phenoxy) is 6. The summed E-state index contributed by atoms with van der Waals surface area (Å²) in [6.45, 7) is 31.5. The van der Waals surface area contributed by atoms with E-state index in [2.05, 4.69) is 26.3 Å². The second-order valence-electron chi connectivity index (χ2n) is 14.0. The number of carbonyl (C=O) groups is 6. The van der Waals surface area contributed by atoms with Crippen LogP contribution in [-0.2, 0) is 57.2 Å². The van der Waals surface area contributed by atoms with Crippen LogP contribution < -0.4 is 0 Å². The van der Waals surface area contributed by atoms with Gasteiger partial charge in [0, 0.05) is 35.1 Å². The van der Waals surface area contributed by atoms with Gasteiger partial charge in [0.05, 0.1) is 43.4 Å². The first-order valence-electron chi connectivity index (χ1n) is 17.9. The molecule has 0 spiro atoms. The molecule has 0 aromatic heterocycles. The van der Waals surface area contributed by atoms with Crippen molar-refractivity contribution in [2.75, 3.05) is 19.8 Å². The molecule has 0 fully saturated rings. The van der Waals surface area contributed by atoms with Gasteiger partial charge in [0.1, 0.15) is 12.2 Å². The Bertz CT molecular complexity index is 1280. The Morgan fingerprint density at radius 2 is 0.925 bits per heavy atom. The van der Waals surface area contributed by atoms with E-state index in [0.29, 0.717) is 73.8 Å². The topological polar surface area (TPSA) is 178 Å². The van der Waals surface area contributed by atoms with E-state index < -0.39 is 41.2 Å². The van der Waals surface area contributed by atoms with Gasteiger partial charge in [0.15, 0.2) is 0 Å². The van der Waals surface area contributed by atoms with Crippen molar-refractivity contribution in [3.8, 4) is 0 Å². The molecule has 13 heteroatoms. The fraction of sp³-hybridized carbons (Fsp3) is 0.650. The number of carboxylic acid groups (broad SMARTS) is 1. The van der Waals surface area contributed by atoms with E-state index in [1.54, 1.807) is 69.2 Å². The summed E-state index contributed by atoms with van der Waals surface area (Å²) in [7, 11) is 0. The molecule has 0 bridgehead atoms. The van der Waals surface area contributed by atoms with E-state index in [1.807, 2.05) is 0 Å². The quantitative estimate of drug-likeness (QED) is 0.0436. The predicted octanol–water partition coefficient (Wildman–Crippen LogP) is 7.02. The zero-order chi connectivity index (χ0) is 41.5. The number of hydrogen-bond acceptors (Lipinski definition) is 12. The number of rotatable bonds is 25. The van der Waals surface area contributed by atoms with Gasteiger partial charge in [-0.05, 0) is 101 Å². The summed E-state index contributed by atoms with van der Waals surface area (Å²) < 4.78 is 31.2. The molecule has 6 atom stereocenters. The van der Waals surface area contributed by atoms with Crippen LogP contribution in [0.4, 0.5) is 0 Å². The Balaban J connectivity index is 0. The van der Waals surface area contributed by atoms with Crippen molar-refractivity contribution >= 4 is 35.8 Å². The molecule has 0 aliphatic heterocycles. The number of aliphatic carboxylic acids is 1. The van der Waals surface area contributed by atoms with Crippen LogP contribution in [-0.4, -0.2) is 85.2 Å². The molecule has 0 aromatic rings. The minimum atomic E-state index is -0.929. The van der Waals surface area contributed by atoms with Crippen molar-refractivity contribution in [2.24, 2.45) is 11.3 Å². The predicted molar refractivity (Wildman–Crippen MR) is 200 cm³/mol. The van der Waals surface area contributed by atoms with Crippen LogP contribution >= 0.6 is 0 Å². The standard InChI is InChI=1S/C20H32O7.C20H32O6/c1-13(2)18(21)26-16(6)8-10-24-12-15(5)20(23)25-11-9-17(7)27-19(22)14(3)4;1-13(2)17(21)25-15(5)9-8-11-20(7,19(23)24)12-10-16(6)26-18(22)14(3)4/h15-17H,1,3,8-12H2,2,4-7H3;15-16H,1,3,8-12H2,2,4-7H3,(H,23,24). The summed E-state index contributed by atoms with van der Waals surface area (Å²) in [5.41, 5.74) is 0.403. The molecule has 0 heterocycles. The largest absolute Gasteiger partial charge is 0.481 e. The highest BCUT2D eigenvalue weighted by molar-refractivity contribution is 5.88. The van der Waals surface area contributed by atoms with E-state index in [9.17, 15) is 33.9 Å². The van der Waals surface area contributed by atoms with Gasteiger partial charge in [0.25, 0.3) is 0 Å². The Morgan fingerprint density at radius 3 is 1.30 bits per heavy atom. The molecule has 0 amide bonds. The minimum Gasteiger partial charge on any atom is -0.481 e. The summed E-state index contributed by atoms with van der Waals surface area (Å²) in [6, 6.07) is 0. The van der Waals surface area contributed by atoms with Crippen molar-refractivity contribution in [3.63, 3.8) is 0 Å². The molecular formula is C40H64O13. The van der Waals surface area contributed by atoms with Crippen molar-refractivity contribution in [2.45, 2.75) is 139 Å². The summed E-state index contributed by atoms with van der Waals surface area (Å²) in [6.07, 6.45) is 2.04. The van der Waals surface area contributed by atoms with Gasteiger partial charge in [-0.2, -0.15) is 0 Å². The van der Waals surface area contributed by atoms with Crippen LogP contribution in [0, 0.1) is 11.3 Å². The third-order valence-corrected chi connectivity index (χ3v) is 7.79. The average Bonchev–Trinajstić information content (AvgIpc) is 3.05. The van der Waals surface area contributed by atoms with Crippen molar-refractivity contribution in [1.82, 2.24) is 0 Å². The summed E-state index contributed by atoms with van der Waals surface area (Å²) in [5.74, 6) is -3.49. The SMILES string of the molecule is C=C(C)C(=O)OC(C)CCCC(C)(CCC(C)OC(=O)C(=C)C)C(=O)O.C=C(C)C(=O)OC(C)CCOCC(C)C(=O)OCCC(C)OC(=O)C(=C)C. The van der Waals surface area contributed by atoms with Crippen LogP contribution in [0.1, 0.15) is 114 Å². The number of hydrogen-bond donors (Lipinski definition) is 1. The van der Waals surface area contributed by atoms with Gasteiger partial charge >= 0.3 is 35.8 Å². The molecule has 6 unspecified atom stereocenters. The molecule has 0 saturated heterocycles. The van der Waals surface area contributed by atoms with Crippen LogP contribution in [0.5, 0.6) is 0 Å². The fourth-order valence-corrected chi connectivity index (χ4v) is 4.05. The Kier molecular flexibility index (Phi) is 25.4. The maximum absolute atomic E-state index is 11.9. The molecule has 0 saturated carbocycles. The smallest absolute Gasteiger partial charge is 0.333 e. The Labute approximate surface area is 316 Å². The lowest BCUT2D eigenvalue weighted by Gasteiger charge is -2.27. The maximum Gasteiger partial charge on any atom is 0.333 e. The number of carbonyl (C=O) groups excluding carboxylic acids is 5. The highest BCUT2D eigenvalue weighted by atomic mass is 16.6. The van der Waals surface area contributed by atoms with Crippen LogP contribution in [0.3, 0.4) is 0 Å². The van der Waals surface area contributed by atoms with Crippen molar-refractivity contribution in [3.05, 3.63) is 48.6 Å². The van der Waals surface area contributed by atoms with Crippen LogP contribution in [0.15, 0.2) is 48.6 Å². The van der Waals surface area contributed by atoms with E-state index in [0.717, 1.165) is 0 Å². The van der Waals surface area contributed by atoms with Crippen LogP contribution in [0.25, 0.3) is 0 Å². The Hall–Kier alpha value is -4.26. The highest BCUT2D eigenvalue weighted by Gasteiger charge is 2.33. The molecule has 1 N–H and O–H groups in total. The third kappa shape index (κ3) is 24.6. The zero-order valence-electron chi connectivity index (χ0n) is 33.6. The summed E-state index contributed by atoms with van der Waals surface area (Å²) in [4.78, 5) is 69.3. The minimum absolute atomic E-state index is 0.154. The maximum atomic E-state index is 11.9. The molecule has 0 rings (SSSR count). The molecule has 13 nitrogen and oxygen atoms in total. The molecule has 302 valence electrons. The monoisotopic (exact) mass is 752 g/mol. The van der Waals surface area contributed by atoms with Crippen LogP contribution in [0.2, 0.25) is 0 Å². The molecule has 0 aliphatic carbocycles. The number of carboxylic acids is 1. The molecular weight excluding hydrogens is 688 g/mol. The molecule has 0 aromatic carbocycles. The first kappa shape index (κ1) is 50.8. The molecule has 0 radical (unpaired) electrons. The van der Waals surface area contributed by atoms with E-state index >= 15 is 0 Å². The van der Waals surface area contributed by atoms with Gasteiger partial charge in [-0.1, -0.05) is 26.3 Å². The normalized spacial score (nSPS) is 14.5.